The Morgan fingerprint density at radius 3 is 2.84 bits per heavy atom. The molecule has 10 nitrogen and oxygen atoms in total. The van der Waals surface area contributed by atoms with E-state index in [0.717, 1.165) is 24.1 Å². The molecule has 1 atom stereocenters. The number of hydrogen-bond donors (Lipinski definition) is 0. The van der Waals surface area contributed by atoms with Gasteiger partial charge in [0.15, 0.2) is 17.3 Å². The minimum atomic E-state index is -0.305. The van der Waals surface area contributed by atoms with Gasteiger partial charge in [-0.1, -0.05) is 12.1 Å². The summed E-state index contributed by atoms with van der Waals surface area (Å²) in [5, 5.41) is 12.6. The van der Waals surface area contributed by atoms with Gasteiger partial charge >= 0.3 is 0 Å². The van der Waals surface area contributed by atoms with Crippen LogP contribution in [0.15, 0.2) is 30.3 Å². The van der Waals surface area contributed by atoms with Gasteiger partial charge in [0.05, 0.1) is 18.4 Å². The van der Waals surface area contributed by atoms with Crippen molar-refractivity contribution >= 4 is 5.91 Å². The molecular weight excluding hydrogens is 412 g/mol. The van der Waals surface area contributed by atoms with E-state index in [9.17, 15) is 4.79 Å². The first-order valence-electron chi connectivity index (χ1n) is 10.3. The van der Waals surface area contributed by atoms with E-state index in [-0.39, 0.29) is 18.7 Å². The molecule has 2 aliphatic rings. The summed E-state index contributed by atoms with van der Waals surface area (Å²) >= 11 is 0. The summed E-state index contributed by atoms with van der Waals surface area (Å²) < 4.78 is 18.8. The van der Waals surface area contributed by atoms with Crippen LogP contribution in [0.2, 0.25) is 0 Å². The van der Waals surface area contributed by atoms with Crippen LogP contribution in [-0.2, 0) is 6.42 Å². The van der Waals surface area contributed by atoms with Crippen molar-refractivity contribution in [1.82, 2.24) is 30.0 Å². The van der Waals surface area contributed by atoms with E-state index in [0.29, 0.717) is 34.3 Å². The molecule has 10 heteroatoms. The third-order valence-corrected chi connectivity index (χ3v) is 5.90. The van der Waals surface area contributed by atoms with E-state index in [4.69, 9.17) is 14.2 Å². The second-order valence-corrected chi connectivity index (χ2v) is 8.02. The number of carbonyl (C=O) groups excluding carboxylic acids is 1. The molecule has 0 radical (unpaired) electrons. The van der Waals surface area contributed by atoms with Crippen LogP contribution in [0, 0.1) is 0 Å². The van der Waals surface area contributed by atoms with Gasteiger partial charge in [-0.2, -0.15) is 4.68 Å². The van der Waals surface area contributed by atoms with Gasteiger partial charge < -0.3 is 19.1 Å². The molecule has 166 valence electrons. The molecule has 0 unspecified atom stereocenters. The van der Waals surface area contributed by atoms with Crippen LogP contribution in [0.4, 0.5) is 0 Å². The lowest BCUT2D eigenvalue weighted by Crippen LogP contribution is -2.35. The smallest absolute Gasteiger partial charge is 0.255 e. The molecule has 0 saturated carbocycles. The van der Waals surface area contributed by atoms with Crippen LogP contribution in [-0.4, -0.2) is 77.5 Å². The molecule has 3 heterocycles. The predicted molar refractivity (Wildman–Crippen MR) is 114 cm³/mol. The molecule has 2 aromatic carbocycles. The number of methoxy groups -OCH3 is 1. The van der Waals surface area contributed by atoms with Gasteiger partial charge in [-0.3, -0.25) is 9.69 Å². The Labute approximate surface area is 185 Å². The molecule has 0 spiro atoms. The summed E-state index contributed by atoms with van der Waals surface area (Å²) in [6.45, 7) is 0.957. The maximum atomic E-state index is 12.8. The highest BCUT2D eigenvalue weighted by molar-refractivity contribution is 5.97. The molecule has 0 bridgehead atoms. The van der Waals surface area contributed by atoms with Crippen molar-refractivity contribution in [3.63, 3.8) is 0 Å². The van der Waals surface area contributed by atoms with E-state index in [1.54, 1.807) is 32.0 Å². The molecule has 0 aliphatic carbocycles. The van der Waals surface area contributed by atoms with Gasteiger partial charge in [-0.25, -0.2) is 0 Å². The van der Waals surface area contributed by atoms with Crippen molar-refractivity contribution in [2.45, 2.75) is 12.5 Å². The number of rotatable bonds is 4. The Balaban J connectivity index is 1.70. The van der Waals surface area contributed by atoms with Gasteiger partial charge in [-0.15, -0.1) is 5.10 Å². The maximum Gasteiger partial charge on any atom is 0.255 e. The highest BCUT2D eigenvalue weighted by Crippen LogP contribution is 2.50. The van der Waals surface area contributed by atoms with Crippen LogP contribution >= 0.6 is 0 Å². The number of ether oxygens (including phenoxy) is 3. The Kier molecular flexibility index (Phi) is 4.93. The lowest BCUT2D eigenvalue weighted by Gasteiger charge is -2.35. The summed E-state index contributed by atoms with van der Waals surface area (Å²) in [6.07, 6.45) is 0.826. The van der Waals surface area contributed by atoms with Crippen LogP contribution in [0.1, 0.15) is 33.4 Å². The van der Waals surface area contributed by atoms with Crippen molar-refractivity contribution in [1.29, 1.82) is 0 Å². The Hall–Kier alpha value is -3.66. The highest BCUT2D eigenvalue weighted by atomic mass is 16.7. The van der Waals surface area contributed by atoms with Crippen molar-refractivity contribution in [3.8, 4) is 22.9 Å². The number of benzene rings is 2. The van der Waals surface area contributed by atoms with Crippen molar-refractivity contribution in [3.05, 3.63) is 52.8 Å². The SMILES string of the molecule is COc1c2c(cc3c1[C@@H](c1nnnn1-c1ccccc1C(=O)N(C)C)N(C)CC3)OCO2. The number of carbonyl (C=O) groups is 1. The van der Waals surface area contributed by atoms with Crippen LogP contribution in [0.5, 0.6) is 17.2 Å². The zero-order valence-corrected chi connectivity index (χ0v) is 18.4. The Bertz CT molecular complexity index is 1190. The largest absolute Gasteiger partial charge is 0.492 e. The molecule has 32 heavy (non-hydrogen) atoms. The number of amides is 1. The minimum Gasteiger partial charge on any atom is -0.492 e. The molecule has 5 rings (SSSR count). The fourth-order valence-electron chi connectivity index (χ4n) is 4.38. The molecule has 0 fully saturated rings. The molecule has 0 saturated heterocycles. The van der Waals surface area contributed by atoms with Gasteiger partial charge in [0, 0.05) is 26.2 Å². The van der Waals surface area contributed by atoms with Crippen LogP contribution in [0.3, 0.4) is 0 Å². The Morgan fingerprint density at radius 2 is 2.06 bits per heavy atom. The maximum absolute atomic E-state index is 12.8. The van der Waals surface area contributed by atoms with Gasteiger partial charge in [0.1, 0.15) is 6.04 Å². The molecule has 3 aromatic rings. The monoisotopic (exact) mass is 436 g/mol. The first-order valence-corrected chi connectivity index (χ1v) is 10.3. The standard InChI is InChI=1S/C22H24N6O4/c1-26(2)22(29)14-7-5-6-8-15(14)28-21(23-24-25-28)18-17-13(9-10-27(18)3)11-16-19(20(17)30-4)32-12-31-16/h5-8,11,18H,9-10,12H2,1-4H3/t18-/m0/s1. The Morgan fingerprint density at radius 1 is 1.25 bits per heavy atom. The molecule has 2 aliphatic heterocycles. The fraction of sp³-hybridized carbons (Fsp3) is 0.364. The van der Waals surface area contributed by atoms with Gasteiger partial charge in [-0.05, 0) is 47.7 Å². The highest BCUT2D eigenvalue weighted by Gasteiger charge is 2.38. The van der Waals surface area contributed by atoms with Gasteiger partial charge in [0.2, 0.25) is 12.5 Å². The first kappa shape index (κ1) is 20.3. The molecule has 1 amide bonds. The molecule has 1 aromatic heterocycles. The van der Waals surface area contributed by atoms with E-state index in [1.807, 2.05) is 31.3 Å². The second kappa shape index (κ2) is 7.79. The summed E-state index contributed by atoms with van der Waals surface area (Å²) in [5.74, 6) is 2.36. The quantitative estimate of drug-likeness (QED) is 0.610. The number of likely N-dealkylation sites (N-methyl/N-ethyl adjacent to an activating group) is 1. The van der Waals surface area contributed by atoms with E-state index >= 15 is 0 Å². The third-order valence-electron chi connectivity index (χ3n) is 5.90. The van der Waals surface area contributed by atoms with Gasteiger partial charge in [0.25, 0.3) is 5.91 Å². The molecular formula is C22H24N6O4. The van der Waals surface area contributed by atoms with Crippen molar-refractivity contribution < 1.29 is 19.0 Å². The predicted octanol–water partition coefficient (Wildman–Crippen LogP) is 1.68. The summed E-state index contributed by atoms with van der Waals surface area (Å²) in [6, 6.07) is 9.02. The first-order chi connectivity index (χ1) is 15.5. The zero-order valence-electron chi connectivity index (χ0n) is 18.4. The number of tetrazole rings is 1. The molecule has 0 N–H and O–H groups in total. The van der Waals surface area contributed by atoms with E-state index < -0.39 is 0 Å². The lowest BCUT2D eigenvalue weighted by atomic mass is 9.90. The van der Waals surface area contributed by atoms with Crippen LogP contribution in [0.25, 0.3) is 5.69 Å². The minimum absolute atomic E-state index is 0.125. The number of hydrogen-bond acceptors (Lipinski definition) is 8. The number of fused-ring (bicyclic) bond motifs is 2. The number of nitrogens with zero attached hydrogens (tertiary/aromatic N) is 6. The lowest BCUT2D eigenvalue weighted by molar-refractivity contribution is 0.0827. The van der Waals surface area contributed by atoms with Crippen molar-refractivity contribution in [2.24, 2.45) is 0 Å². The normalized spacial score (nSPS) is 17.2. The number of para-hydroxylation sites is 1. The summed E-state index contributed by atoms with van der Waals surface area (Å²) in [7, 11) is 7.08. The second-order valence-electron chi connectivity index (χ2n) is 8.02. The average molecular weight is 436 g/mol. The average Bonchev–Trinajstić information content (AvgIpc) is 3.46. The van der Waals surface area contributed by atoms with Crippen molar-refractivity contribution in [2.75, 3.05) is 41.6 Å². The topological polar surface area (TPSA) is 94.8 Å². The van der Waals surface area contributed by atoms with Crippen LogP contribution < -0.4 is 14.2 Å². The number of aromatic nitrogens is 4. The summed E-state index contributed by atoms with van der Waals surface area (Å²) in [5.41, 5.74) is 3.17. The van der Waals surface area contributed by atoms with E-state index in [1.165, 1.54) is 4.90 Å². The fourth-order valence-corrected chi connectivity index (χ4v) is 4.38. The zero-order chi connectivity index (χ0) is 22.4. The summed E-state index contributed by atoms with van der Waals surface area (Å²) in [4.78, 5) is 16.5. The third kappa shape index (κ3) is 3.06. The van der Waals surface area contributed by atoms with E-state index in [2.05, 4.69) is 20.4 Å².